The third-order valence-electron chi connectivity index (χ3n) is 6.06. The number of carbonyl (C=O) groups excluding carboxylic acids is 3. The largest absolute Gasteiger partial charge is 0.494 e. The minimum absolute atomic E-state index is 0.0796. The fourth-order valence-corrected chi connectivity index (χ4v) is 3.99. The lowest BCUT2D eigenvalue weighted by atomic mass is 10.0. The van der Waals surface area contributed by atoms with E-state index in [2.05, 4.69) is 17.6 Å². The quantitative estimate of drug-likeness (QED) is 0.110. The second-order valence-electron chi connectivity index (χ2n) is 9.01. The lowest BCUT2D eigenvalue weighted by Crippen LogP contribution is -2.43. The number of nitrogens with zero attached hydrogens (tertiary/aromatic N) is 1. The van der Waals surface area contributed by atoms with Gasteiger partial charge in [0, 0.05) is 5.56 Å². The summed E-state index contributed by atoms with van der Waals surface area (Å²) in [4.78, 5) is 42.8. The van der Waals surface area contributed by atoms with Crippen molar-refractivity contribution >= 4 is 18.2 Å². The molecule has 3 aromatic rings. The van der Waals surface area contributed by atoms with E-state index in [4.69, 9.17) is 14.0 Å². The summed E-state index contributed by atoms with van der Waals surface area (Å²) in [5, 5.41) is 6.56. The summed E-state index contributed by atoms with van der Waals surface area (Å²) >= 11 is 0. The summed E-state index contributed by atoms with van der Waals surface area (Å²) in [6, 6.07) is 20.2. The van der Waals surface area contributed by atoms with Gasteiger partial charge in [0.2, 0.25) is 12.3 Å². The Morgan fingerprint density at radius 2 is 1.82 bits per heavy atom. The van der Waals surface area contributed by atoms with E-state index in [1.165, 1.54) is 0 Å². The Morgan fingerprint density at radius 1 is 1.00 bits per heavy atom. The second kappa shape index (κ2) is 16.0. The zero-order valence-corrected chi connectivity index (χ0v) is 22.6. The Balaban J connectivity index is 1.52. The van der Waals surface area contributed by atoms with E-state index < -0.39 is 11.8 Å². The van der Waals surface area contributed by atoms with Crippen LogP contribution in [-0.4, -0.2) is 43.1 Å². The number of amides is 3. The van der Waals surface area contributed by atoms with Gasteiger partial charge in [-0.1, -0.05) is 68.7 Å². The highest BCUT2D eigenvalue weighted by Crippen LogP contribution is 2.26. The Bertz CT molecular complexity index is 1180. The fraction of sp³-hybridized carbons (Fsp3) is 0.367. The summed E-state index contributed by atoms with van der Waals surface area (Å²) in [6.07, 6.45) is 4.00. The molecule has 3 rings (SSSR count). The molecule has 0 aliphatic heterocycles. The number of hydrogen-bond acceptors (Lipinski definition) is 6. The molecule has 0 bridgehead atoms. The molecule has 0 aliphatic carbocycles. The van der Waals surface area contributed by atoms with Crippen molar-refractivity contribution in [2.45, 2.75) is 46.1 Å². The number of benzene rings is 2. The monoisotopic (exact) mass is 535 g/mol. The predicted octanol–water partition coefficient (Wildman–Crippen LogP) is 4.94. The summed E-state index contributed by atoms with van der Waals surface area (Å²) in [5.74, 6) is 0.169. The summed E-state index contributed by atoms with van der Waals surface area (Å²) in [7, 11) is 0. The molecule has 1 aromatic heterocycles. The molecule has 1 heterocycles. The van der Waals surface area contributed by atoms with E-state index in [1.807, 2.05) is 61.5 Å². The van der Waals surface area contributed by atoms with Gasteiger partial charge in [-0.15, -0.1) is 0 Å². The molecular formula is C30H37N3O6. The fourth-order valence-electron chi connectivity index (χ4n) is 3.99. The van der Waals surface area contributed by atoms with Crippen molar-refractivity contribution < 1.29 is 28.4 Å². The van der Waals surface area contributed by atoms with E-state index in [-0.39, 0.29) is 31.5 Å². The molecule has 0 aliphatic rings. The molecular weight excluding hydrogens is 498 g/mol. The number of carbonyl (C=O) groups is 3. The Hall–Kier alpha value is -4.11. The SMILES string of the molecule is CCCCC[C@H](CN(C=O)OCc1ccccc1)C(=O)NCNC(=O)c1ccc(-c2cccc(OCC)c2)o1. The van der Waals surface area contributed by atoms with Crippen LogP contribution in [0, 0.1) is 5.92 Å². The zero-order chi connectivity index (χ0) is 27.9. The summed E-state index contributed by atoms with van der Waals surface area (Å²) in [6.45, 7) is 4.80. The lowest BCUT2D eigenvalue weighted by Gasteiger charge is -2.23. The molecule has 0 saturated heterocycles. The van der Waals surface area contributed by atoms with Gasteiger partial charge in [-0.25, -0.2) is 5.06 Å². The van der Waals surface area contributed by atoms with Crippen molar-refractivity contribution in [3.05, 3.63) is 78.1 Å². The molecule has 0 radical (unpaired) electrons. The van der Waals surface area contributed by atoms with Gasteiger partial charge in [-0.05, 0) is 43.2 Å². The number of rotatable bonds is 17. The van der Waals surface area contributed by atoms with E-state index in [0.29, 0.717) is 30.9 Å². The summed E-state index contributed by atoms with van der Waals surface area (Å²) in [5.41, 5.74) is 1.71. The van der Waals surface area contributed by atoms with Crippen molar-refractivity contribution in [3.63, 3.8) is 0 Å². The molecule has 0 unspecified atom stereocenters. The first-order chi connectivity index (χ1) is 19.0. The van der Waals surface area contributed by atoms with Gasteiger partial charge >= 0.3 is 0 Å². The van der Waals surface area contributed by atoms with Crippen LogP contribution in [-0.2, 0) is 21.0 Å². The molecule has 9 nitrogen and oxygen atoms in total. The number of hydroxylamine groups is 2. The van der Waals surface area contributed by atoms with Crippen molar-refractivity contribution in [3.8, 4) is 17.1 Å². The van der Waals surface area contributed by atoms with Crippen molar-refractivity contribution in [1.82, 2.24) is 15.7 Å². The Kier molecular flexibility index (Phi) is 12.1. The molecule has 208 valence electrons. The van der Waals surface area contributed by atoms with Crippen LogP contribution < -0.4 is 15.4 Å². The normalized spacial score (nSPS) is 11.4. The van der Waals surface area contributed by atoms with Crippen molar-refractivity contribution in [2.24, 2.45) is 5.92 Å². The van der Waals surface area contributed by atoms with Gasteiger partial charge < -0.3 is 19.8 Å². The van der Waals surface area contributed by atoms with Crippen LogP contribution in [0.3, 0.4) is 0 Å². The molecule has 0 saturated carbocycles. The number of unbranched alkanes of at least 4 members (excludes halogenated alkanes) is 2. The second-order valence-corrected chi connectivity index (χ2v) is 9.01. The smallest absolute Gasteiger partial charge is 0.288 e. The van der Waals surface area contributed by atoms with Gasteiger partial charge in [0.1, 0.15) is 18.1 Å². The molecule has 2 N–H and O–H groups in total. The third-order valence-corrected chi connectivity index (χ3v) is 6.06. The topological polar surface area (TPSA) is 110 Å². The number of hydrogen-bond donors (Lipinski definition) is 2. The molecule has 9 heteroatoms. The van der Waals surface area contributed by atoms with E-state index in [0.717, 1.165) is 35.5 Å². The van der Waals surface area contributed by atoms with E-state index >= 15 is 0 Å². The van der Waals surface area contributed by atoms with Crippen LogP contribution in [0.4, 0.5) is 0 Å². The minimum atomic E-state index is -0.484. The maximum Gasteiger partial charge on any atom is 0.288 e. The van der Waals surface area contributed by atoms with Crippen LogP contribution in [0.15, 0.2) is 71.1 Å². The average molecular weight is 536 g/mol. The van der Waals surface area contributed by atoms with E-state index in [1.54, 1.807) is 12.1 Å². The molecule has 1 atom stereocenters. The van der Waals surface area contributed by atoms with Crippen LogP contribution in [0.1, 0.15) is 55.6 Å². The van der Waals surface area contributed by atoms with Gasteiger partial charge in [-0.3, -0.25) is 19.2 Å². The Morgan fingerprint density at radius 3 is 2.56 bits per heavy atom. The first-order valence-corrected chi connectivity index (χ1v) is 13.3. The van der Waals surface area contributed by atoms with Crippen LogP contribution in [0.5, 0.6) is 5.75 Å². The predicted molar refractivity (Wildman–Crippen MR) is 147 cm³/mol. The third kappa shape index (κ3) is 9.61. The number of nitrogens with one attached hydrogen (secondary N) is 2. The van der Waals surface area contributed by atoms with E-state index in [9.17, 15) is 14.4 Å². The standard InChI is InChI=1S/C30H37N3O6/c1-3-5-7-13-25(19-33(22-34)38-20-23-11-8-6-9-12-23)29(35)31-21-32-30(36)28-17-16-27(39-28)24-14-10-15-26(18-24)37-4-2/h6,8-12,14-18,22,25H,3-5,7,13,19-21H2,1-2H3,(H,31,35)(H,32,36)/t25-/m1/s1. The van der Waals surface area contributed by atoms with Gasteiger partial charge in [-0.2, -0.15) is 0 Å². The van der Waals surface area contributed by atoms with Gasteiger partial charge in [0.15, 0.2) is 5.76 Å². The van der Waals surface area contributed by atoms with Gasteiger partial charge in [0.25, 0.3) is 5.91 Å². The highest BCUT2D eigenvalue weighted by Gasteiger charge is 2.22. The average Bonchev–Trinajstić information content (AvgIpc) is 3.46. The first kappa shape index (κ1) is 29.4. The van der Waals surface area contributed by atoms with Crippen molar-refractivity contribution in [1.29, 1.82) is 0 Å². The summed E-state index contributed by atoms with van der Waals surface area (Å²) < 4.78 is 11.2. The maximum atomic E-state index is 13.0. The van der Waals surface area contributed by atoms with Crippen LogP contribution >= 0.6 is 0 Å². The zero-order valence-electron chi connectivity index (χ0n) is 22.6. The van der Waals surface area contributed by atoms with Crippen molar-refractivity contribution in [2.75, 3.05) is 19.8 Å². The molecule has 3 amide bonds. The molecule has 0 fully saturated rings. The molecule has 2 aromatic carbocycles. The lowest BCUT2D eigenvalue weighted by molar-refractivity contribution is -0.182. The Labute approximate surface area is 229 Å². The highest BCUT2D eigenvalue weighted by atomic mass is 16.7. The highest BCUT2D eigenvalue weighted by molar-refractivity contribution is 5.92. The first-order valence-electron chi connectivity index (χ1n) is 13.3. The number of furan rings is 1. The molecule has 39 heavy (non-hydrogen) atoms. The minimum Gasteiger partial charge on any atom is -0.494 e. The number of ether oxygens (including phenoxy) is 1. The van der Waals surface area contributed by atoms with Crippen LogP contribution in [0.2, 0.25) is 0 Å². The molecule has 0 spiro atoms. The van der Waals surface area contributed by atoms with Crippen LogP contribution in [0.25, 0.3) is 11.3 Å². The van der Waals surface area contributed by atoms with Gasteiger partial charge in [0.05, 0.1) is 25.7 Å². The maximum absolute atomic E-state index is 13.0.